The van der Waals surface area contributed by atoms with Crippen molar-refractivity contribution in [1.82, 2.24) is 5.09 Å². The summed E-state index contributed by atoms with van der Waals surface area (Å²) in [6, 6.07) is 27.6. The molecule has 0 saturated heterocycles. The van der Waals surface area contributed by atoms with Crippen LogP contribution in [0.15, 0.2) is 89.4 Å². The fourth-order valence-electron chi connectivity index (χ4n) is 2.89. The Kier molecular flexibility index (Phi) is 5.90. The third-order valence-corrected chi connectivity index (χ3v) is 7.51. The zero-order valence-electron chi connectivity index (χ0n) is 14.1. The van der Waals surface area contributed by atoms with E-state index in [9.17, 15) is 4.57 Å². The highest BCUT2D eigenvalue weighted by molar-refractivity contribution is 9.10. The van der Waals surface area contributed by atoms with Gasteiger partial charge in [-0.3, -0.25) is 9.65 Å². The van der Waals surface area contributed by atoms with Gasteiger partial charge in [0, 0.05) is 21.1 Å². The molecule has 2 nitrogen and oxygen atoms in total. The topological polar surface area (TPSA) is 29.1 Å². The average Bonchev–Trinajstić information content (AvgIpc) is 2.68. The van der Waals surface area contributed by atoms with Gasteiger partial charge in [0.05, 0.1) is 0 Å². The van der Waals surface area contributed by atoms with Crippen LogP contribution in [0.5, 0.6) is 0 Å². The number of benzene rings is 3. The van der Waals surface area contributed by atoms with Gasteiger partial charge in [-0.1, -0.05) is 71.4 Å². The molecule has 0 bridgehead atoms. The second kappa shape index (κ2) is 8.14. The van der Waals surface area contributed by atoms with E-state index >= 15 is 0 Å². The Morgan fingerprint density at radius 1 is 0.840 bits per heavy atom. The molecule has 0 heterocycles. The van der Waals surface area contributed by atoms with Gasteiger partial charge in [0.1, 0.15) is 0 Å². The standard InChI is InChI=1S/C21H21BrNOP/c1-2-21(17-13-15-18(22)16-14-17)23-25(24,19-9-5-3-6-10-19)20-11-7-4-8-12-20/h3-16,21H,2H2,1H3,(H,23,24)/t21-/m1/s1. The lowest BCUT2D eigenvalue weighted by atomic mass is 10.1. The van der Waals surface area contributed by atoms with Gasteiger partial charge >= 0.3 is 0 Å². The van der Waals surface area contributed by atoms with Crippen LogP contribution in [-0.2, 0) is 4.57 Å². The molecule has 25 heavy (non-hydrogen) atoms. The Hall–Kier alpha value is -1.67. The van der Waals surface area contributed by atoms with Crippen molar-refractivity contribution in [3.63, 3.8) is 0 Å². The molecule has 0 fully saturated rings. The SMILES string of the molecule is CC[C@@H](NP(=O)(c1ccccc1)c1ccccc1)c1ccc(Br)cc1. The molecule has 0 amide bonds. The second-order valence-electron chi connectivity index (χ2n) is 5.92. The molecule has 3 aromatic rings. The minimum atomic E-state index is -2.94. The van der Waals surface area contributed by atoms with Crippen molar-refractivity contribution < 1.29 is 4.57 Å². The monoisotopic (exact) mass is 413 g/mol. The Bertz CT molecular complexity index is 807. The Morgan fingerprint density at radius 2 is 1.32 bits per heavy atom. The first-order chi connectivity index (χ1) is 12.1. The molecule has 0 aliphatic carbocycles. The zero-order chi connectivity index (χ0) is 17.7. The maximum absolute atomic E-state index is 14.1. The summed E-state index contributed by atoms with van der Waals surface area (Å²) in [6.07, 6.45) is 0.852. The Labute approximate surface area is 157 Å². The molecule has 1 N–H and O–H groups in total. The van der Waals surface area contributed by atoms with Crippen molar-refractivity contribution in [2.45, 2.75) is 19.4 Å². The third-order valence-electron chi connectivity index (χ3n) is 4.26. The van der Waals surface area contributed by atoms with E-state index in [1.165, 1.54) is 0 Å². The van der Waals surface area contributed by atoms with Crippen LogP contribution in [0.4, 0.5) is 0 Å². The zero-order valence-corrected chi connectivity index (χ0v) is 16.6. The summed E-state index contributed by atoms with van der Waals surface area (Å²) in [5, 5.41) is 5.15. The Morgan fingerprint density at radius 3 is 1.76 bits per heavy atom. The fourth-order valence-corrected chi connectivity index (χ4v) is 5.71. The first-order valence-corrected chi connectivity index (χ1v) is 10.9. The maximum atomic E-state index is 14.1. The van der Waals surface area contributed by atoms with Crippen LogP contribution in [-0.4, -0.2) is 0 Å². The van der Waals surface area contributed by atoms with Crippen molar-refractivity contribution in [2.24, 2.45) is 0 Å². The van der Waals surface area contributed by atoms with Gasteiger partial charge in [0.15, 0.2) is 0 Å². The lowest BCUT2D eigenvalue weighted by Crippen LogP contribution is -2.30. The van der Waals surface area contributed by atoms with Gasteiger partial charge in [0.2, 0.25) is 7.29 Å². The molecule has 0 saturated carbocycles. The van der Waals surface area contributed by atoms with Crippen LogP contribution < -0.4 is 15.7 Å². The molecule has 0 spiro atoms. The summed E-state index contributed by atoms with van der Waals surface area (Å²) in [4.78, 5) is 0. The molecule has 128 valence electrons. The van der Waals surface area contributed by atoms with Gasteiger partial charge in [-0.25, -0.2) is 0 Å². The highest BCUT2D eigenvalue weighted by Gasteiger charge is 2.29. The van der Waals surface area contributed by atoms with E-state index in [1.807, 2.05) is 72.8 Å². The summed E-state index contributed by atoms with van der Waals surface area (Å²) < 4.78 is 15.1. The summed E-state index contributed by atoms with van der Waals surface area (Å²) in [7, 11) is -2.94. The summed E-state index contributed by atoms with van der Waals surface area (Å²) in [5.41, 5.74) is 1.14. The van der Waals surface area contributed by atoms with Crippen LogP contribution in [0.1, 0.15) is 24.9 Å². The van der Waals surface area contributed by atoms with E-state index in [0.717, 1.165) is 27.1 Å². The number of hydrogen-bond acceptors (Lipinski definition) is 1. The first-order valence-electron chi connectivity index (χ1n) is 8.38. The van der Waals surface area contributed by atoms with E-state index in [2.05, 4.69) is 40.1 Å². The lowest BCUT2D eigenvalue weighted by Gasteiger charge is -2.26. The van der Waals surface area contributed by atoms with Crippen LogP contribution >= 0.6 is 23.2 Å². The van der Waals surface area contributed by atoms with Crippen molar-refractivity contribution in [3.8, 4) is 0 Å². The maximum Gasteiger partial charge on any atom is 0.205 e. The number of rotatable bonds is 6. The van der Waals surface area contributed by atoms with Gasteiger partial charge in [-0.2, -0.15) is 0 Å². The highest BCUT2D eigenvalue weighted by Crippen LogP contribution is 2.42. The number of nitrogens with one attached hydrogen (secondary N) is 1. The molecular weight excluding hydrogens is 393 g/mol. The largest absolute Gasteiger partial charge is 0.297 e. The molecule has 3 rings (SSSR count). The van der Waals surface area contributed by atoms with Crippen LogP contribution in [0.2, 0.25) is 0 Å². The third kappa shape index (κ3) is 4.12. The quantitative estimate of drug-likeness (QED) is 0.546. The van der Waals surface area contributed by atoms with Crippen molar-refractivity contribution in [3.05, 3.63) is 95.0 Å². The number of halogens is 1. The van der Waals surface area contributed by atoms with E-state index in [-0.39, 0.29) is 6.04 Å². The molecule has 3 aromatic carbocycles. The minimum Gasteiger partial charge on any atom is -0.297 e. The second-order valence-corrected chi connectivity index (χ2v) is 9.35. The van der Waals surface area contributed by atoms with E-state index in [0.29, 0.717) is 0 Å². The van der Waals surface area contributed by atoms with Crippen molar-refractivity contribution in [1.29, 1.82) is 0 Å². The van der Waals surface area contributed by atoms with Crippen LogP contribution in [0, 0.1) is 0 Å². The van der Waals surface area contributed by atoms with Crippen molar-refractivity contribution >= 4 is 33.8 Å². The van der Waals surface area contributed by atoms with Gasteiger partial charge in [-0.15, -0.1) is 0 Å². The van der Waals surface area contributed by atoms with Crippen molar-refractivity contribution in [2.75, 3.05) is 0 Å². The molecular formula is C21H21BrNOP. The molecule has 0 unspecified atom stereocenters. The lowest BCUT2D eigenvalue weighted by molar-refractivity contribution is 0.555. The molecule has 0 aliphatic rings. The normalized spacial score (nSPS) is 12.7. The van der Waals surface area contributed by atoms with E-state index < -0.39 is 7.29 Å². The van der Waals surface area contributed by atoms with Crippen LogP contribution in [0.25, 0.3) is 0 Å². The Balaban J connectivity index is 2.03. The van der Waals surface area contributed by atoms with Crippen LogP contribution in [0.3, 0.4) is 0 Å². The smallest absolute Gasteiger partial charge is 0.205 e. The fraction of sp³-hybridized carbons (Fsp3) is 0.143. The summed E-state index contributed by atoms with van der Waals surface area (Å²) in [5.74, 6) is 0. The predicted molar refractivity (Wildman–Crippen MR) is 110 cm³/mol. The van der Waals surface area contributed by atoms with E-state index in [1.54, 1.807) is 0 Å². The van der Waals surface area contributed by atoms with Gasteiger partial charge < -0.3 is 0 Å². The number of hydrogen-bond donors (Lipinski definition) is 1. The highest BCUT2D eigenvalue weighted by atomic mass is 79.9. The summed E-state index contributed by atoms with van der Waals surface area (Å²) >= 11 is 3.48. The molecule has 1 atom stereocenters. The van der Waals surface area contributed by atoms with E-state index in [4.69, 9.17) is 0 Å². The molecule has 0 aliphatic heterocycles. The van der Waals surface area contributed by atoms with Gasteiger partial charge in [-0.05, 0) is 48.4 Å². The molecule has 0 aromatic heterocycles. The minimum absolute atomic E-state index is 0.0133. The van der Waals surface area contributed by atoms with Gasteiger partial charge in [0.25, 0.3) is 0 Å². The predicted octanol–water partition coefficient (Wildman–Crippen LogP) is 5.42. The first kappa shape index (κ1) is 18.1. The molecule has 0 radical (unpaired) electrons. The average molecular weight is 414 g/mol. The summed E-state index contributed by atoms with van der Waals surface area (Å²) in [6.45, 7) is 2.11. The molecule has 4 heteroatoms.